The second kappa shape index (κ2) is 11.3. The predicted octanol–water partition coefficient (Wildman–Crippen LogP) is 6.72. The Bertz CT molecular complexity index is 1660. The van der Waals surface area contributed by atoms with Gasteiger partial charge >= 0.3 is 6.18 Å². The molecule has 2 aromatic carbocycles. The van der Waals surface area contributed by atoms with Crippen LogP contribution in [0.15, 0.2) is 48.8 Å². The molecule has 1 atom stereocenters. The Morgan fingerprint density at radius 1 is 1.12 bits per heavy atom. The van der Waals surface area contributed by atoms with Crippen molar-refractivity contribution in [2.45, 2.75) is 58.3 Å². The molecule has 5 rings (SSSR count). The first-order valence-corrected chi connectivity index (χ1v) is 14.1. The number of carbonyl (C=O) groups excluding carboxylic acids is 2. The second-order valence-electron chi connectivity index (χ2n) is 10.5. The van der Waals surface area contributed by atoms with Gasteiger partial charge in [-0.3, -0.25) is 14.5 Å². The van der Waals surface area contributed by atoms with Crippen LogP contribution in [0.3, 0.4) is 0 Å². The molecule has 4 aromatic rings. The van der Waals surface area contributed by atoms with Gasteiger partial charge in [0.05, 0.1) is 27.2 Å². The molecule has 0 bridgehead atoms. The molecule has 9 nitrogen and oxygen atoms in total. The summed E-state index contributed by atoms with van der Waals surface area (Å²) in [7, 11) is 0. The van der Waals surface area contributed by atoms with Gasteiger partial charge in [-0.15, -0.1) is 0 Å². The van der Waals surface area contributed by atoms with Crippen molar-refractivity contribution in [2.24, 2.45) is 0 Å². The number of likely N-dealkylation sites (tertiary alicyclic amines) is 1. The molecular weight excluding hydrogens is 569 g/mol. The molecule has 2 aromatic heterocycles. The minimum atomic E-state index is -4.61. The van der Waals surface area contributed by atoms with Gasteiger partial charge in [0, 0.05) is 24.6 Å². The highest BCUT2D eigenvalue weighted by molar-refractivity contribution is 7.22. The number of benzene rings is 2. The lowest BCUT2D eigenvalue weighted by Crippen LogP contribution is -2.53. The van der Waals surface area contributed by atoms with Gasteiger partial charge in [0.15, 0.2) is 10.9 Å². The van der Waals surface area contributed by atoms with E-state index >= 15 is 0 Å². The maximum Gasteiger partial charge on any atom is 0.416 e. The number of rotatable bonds is 7. The molecule has 2 N–H and O–H groups in total. The van der Waals surface area contributed by atoms with Crippen molar-refractivity contribution in [1.29, 1.82) is 0 Å². The molecule has 0 spiro atoms. The van der Waals surface area contributed by atoms with E-state index in [2.05, 4.69) is 30.5 Å². The van der Waals surface area contributed by atoms with Gasteiger partial charge in [0.1, 0.15) is 11.8 Å². The van der Waals surface area contributed by atoms with E-state index in [1.165, 1.54) is 36.7 Å². The van der Waals surface area contributed by atoms with Crippen LogP contribution < -0.4 is 15.4 Å². The van der Waals surface area contributed by atoms with E-state index in [-0.39, 0.29) is 40.7 Å². The molecule has 0 aliphatic carbocycles. The third kappa shape index (κ3) is 5.93. The number of thiazole rings is 1. The van der Waals surface area contributed by atoms with Crippen LogP contribution in [0.1, 0.15) is 46.1 Å². The SMILES string of the molecule is CC(=O)Nc1nc2c(Oc3cc(-c4ccc(C(F)(F)F)cc4NC(=O)[C@]4(C)CCCN4C(C)C)ncn3)cccc2s1. The maximum absolute atomic E-state index is 13.7. The summed E-state index contributed by atoms with van der Waals surface area (Å²) in [6, 6.07) is 10.0. The van der Waals surface area contributed by atoms with Crippen LogP contribution in [0.5, 0.6) is 11.6 Å². The van der Waals surface area contributed by atoms with Crippen LogP contribution in [-0.4, -0.2) is 49.8 Å². The first kappa shape index (κ1) is 29.4. The fraction of sp³-hybridized carbons (Fsp3) is 0.345. The molecule has 0 unspecified atom stereocenters. The Labute approximate surface area is 244 Å². The molecule has 1 aliphatic heterocycles. The Hall–Kier alpha value is -4.10. The maximum atomic E-state index is 13.7. The van der Waals surface area contributed by atoms with Gasteiger partial charge < -0.3 is 15.4 Å². The fourth-order valence-electron chi connectivity index (χ4n) is 5.23. The quantitative estimate of drug-likeness (QED) is 0.243. The lowest BCUT2D eigenvalue weighted by molar-refractivity contribution is -0.137. The highest BCUT2D eigenvalue weighted by Gasteiger charge is 2.44. The van der Waals surface area contributed by atoms with Crippen molar-refractivity contribution in [1.82, 2.24) is 19.9 Å². The molecule has 1 fully saturated rings. The number of halogens is 3. The molecular formula is C29H29F3N6O3S. The Balaban J connectivity index is 1.49. The standard InChI is InChI=1S/C29H29F3N6O3S/c1-16(2)38-12-6-11-28(38,4)26(40)36-21-13-18(29(30,31)32)9-10-19(21)20-14-24(34-15-33-20)41-22-7-5-8-23-25(22)37-27(42-23)35-17(3)39/h5,7-10,13-16H,6,11-12H2,1-4H3,(H,36,40)(H,35,37,39)/t28-/m0/s1. The lowest BCUT2D eigenvalue weighted by atomic mass is 9.95. The number of ether oxygens (including phenoxy) is 1. The number of aromatic nitrogens is 3. The van der Waals surface area contributed by atoms with Crippen molar-refractivity contribution in [3.63, 3.8) is 0 Å². The van der Waals surface area contributed by atoms with E-state index in [0.717, 1.165) is 29.8 Å². The monoisotopic (exact) mass is 598 g/mol. The van der Waals surface area contributed by atoms with E-state index in [4.69, 9.17) is 4.74 Å². The first-order chi connectivity index (χ1) is 19.8. The number of hydrogen-bond acceptors (Lipinski definition) is 8. The second-order valence-corrected chi connectivity index (χ2v) is 11.6. The number of alkyl halides is 3. The minimum Gasteiger partial charge on any atom is -0.437 e. The Kier molecular flexibility index (Phi) is 7.90. The number of hydrogen-bond donors (Lipinski definition) is 2. The van der Waals surface area contributed by atoms with E-state index in [0.29, 0.717) is 22.8 Å². The summed E-state index contributed by atoms with van der Waals surface area (Å²) in [5.41, 5.74) is -0.741. The number of nitrogens with zero attached hydrogens (tertiary/aromatic N) is 4. The number of carbonyl (C=O) groups is 2. The minimum absolute atomic E-state index is 0.0159. The van der Waals surface area contributed by atoms with Crippen LogP contribution in [0, 0.1) is 0 Å². The number of anilines is 2. The summed E-state index contributed by atoms with van der Waals surface area (Å²) in [6.07, 6.45) is -1.98. The topological polar surface area (TPSA) is 109 Å². The first-order valence-electron chi connectivity index (χ1n) is 13.3. The number of nitrogens with one attached hydrogen (secondary N) is 2. The zero-order valence-corrected chi connectivity index (χ0v) is 24.2. The van der Waals surface area contributed by atoms with Crippen molar-refractivity contribution in [3.8, 4) is 22.9 Å². The van der Waals surface area contributed by atoms with Crippen molar-refractivity contribution in [3.05, 3.63) is 54.4 Å². The summed E-state index contributed by atoms with van der Waals surface area (Å²) < 4.78 is 47.9. The zero-order chi connectivity index (χ0) is 30.2. The average molecular weight is 599 g/mol. The van der Waals surface area contributed by atoms with Gasteiger partial charge in [-0.1, -0.05) is 23.5 Å². The summed E-state index contributed by atoms with van der Waals surface area (Å²) >= 11 is 1.28. The molecule has 220 valence electrons. The van der Waals surface area contributed by atoms with Crippen LogP contribution in [0.25, 0.3) is 21.5 Å². The molecule has 1 saturated heterocycles. The molecule has 3 heterocycles. The summed E-state index contributed by atoms with van der Waals surface area (Å²) in [5, 5.41) is 5.84. The number of para-hydroxylation sites is 1. The van der Waals surface area contributed by atoms with Gasteiger partial charge in [0.2, 0.25) is 17.7 Å². The van der Waals surface area contributed by atoms with Crippen LogP contribution in [0.4, 0.5) is 24.0 Å². The van der Waals surface area contributed by atoms with Gasteiger partial charge in [-0.2, -0.15) is 13.2 Å². The van der Waals surface area contributed by atoms with Gasteiger partial charge in [-0.25, -0.2) is 15.0 Å². The van der Waals surface area contributed by atoms with Crippen molar-refractivity contribution >= 4 is 44.2 Å². The van der Waals surface area contributed by atoms with E-state index in [1.807, 2.05) is 26.8 Å². The van der Waals surface area contributed by atoms with Crippen molar-refractivity contribution < 1.29 is 27.5 Å². The van der Waals surface area contributed by atoms with E-state index < -0.39 is 17.3 Å². The molecule has 0 saturated carbocycles. The molecule has 1 aliphatic rings. The van der Waals surface area contributed by atoms with E-state index in [9.17, 15) is 22.8 Å². The predicted molar refractivity (Wildman–Crippen MR) is 155 cm³/mol. The number of fused-ring (bicyclic) bond motifs is 1. The van der Waals surface area contributed by atoms with Gasteiger partial charge in [-0.05, 0) is 64.4 Å². The third-order valence-corrected chi connectivity index (χ3v) is 8.14. The smallest absolute Gasteiger partial charge is 0.416 e. The average Bonchev–Trinajstić information content (AvgIpc) is 3.52. The fourth-order valence-corrected chi connectivity index (χ4v) is 6.15. The van der Waals surface area contributed by atoms with Crippen molar-refractivity contribution in [2.75, 3.05) is 17.2 Å². The number of amides is 2. The normalized spacial score (nSPS) is 17.5. The summed E-state index contributed by atoms with van der Waals surface area (Å²) in [4.78, 5) is 40.0. The largest absolute Gasteiger partial charge is 0.437 e. The highest BCUT2D eigenvalue weighted by atomic mass is 32.1. The van der Waals surface area contributed by atoms with E-state index in [1.54, 1.807) is 12.1 Å². The third-order valence-electron chi connectivity index (χ3n) is 7.20. The van der Waals surface area contributed by atoms with Crippen LogP contribution in [-0.2, 0) is 15.8 Å². The zero-order valence-electron chi connectivity index (χ0n) is 23.4. The molecule has 13 heteroatoms. The van der Waals surface area contributed by atoms with Crippen LogP contribution >= 0.6 is 11.3 Å². The summed E-state index contributed by atoms with van der Waals surface area (Å²) in [5.74, 6) is -0.151. The molecule has 0 radical (unpaired) electrons. The van der Waals surface area contributed by atoms with Crippen LogP contribution in [0.2, 0.25) is 0 Å². The molecule has 2 amide bonds. The molecule has 42 heavy (non-hydrogen) atoms. The lowest BCUT2D eigenvalue weighted by Gasteiger charge is -2.37. The van der Waals surface area contributed by atoms with Gasteiger partial charge in [0.25, 0.3) is 0 Å². The Morgan fingerprint density at radius 2 is 1.90 bits per heavy atom. The summed E-state index contributed by atoms with van der Waals surface area (Å²) in [6.45, 7) is 7.90. The highest BCUT2D eigenvalue weighted by Crippen LogP contribution is 2.39. The Morgan fingerprint density at radius 3 is 2.62 bits per heavy atom.